The quantitative estimate of drug-likeness (QED) is 0.439. The topological polar surface area (TPSA) is 107 Å². The monoisotopic (exact) mass is 453 g/mol. The number of nitrogens with zero attached hydrogens (tertiary/aromatic N) is 3. The first-order chi connectivity index (χ1) is 15.5. The number of nitrogens with one attached hydrogen (secondary N) is 2. The number of benzene rings is 2. The Morgan fingerprint density at radius 2 is 1.91 bits per heavy atom. The molecule has 3 aromatic rings. The van der Waals surface area contributed by atoms with Gasteiger partial charge in [-0.3, -0.25) is 9.59 Å². The lowest BCUT2D eigenvalue weighted by atomic mass is 10.2. The molecular formula is C22H20ClN5O4. The Morgan fingerprint density at radius 3 is 2.69 bits per heavy atom. The average Bonchev–Trinajstić information content (AvgIpc) is 3.11. The van der Waals surface area contributed by atoms with Gasteiger partial charge >= 0.3 is 0 Å². The summed E-state index contributed by atoms with van der Waals surface area (Å²) < 4.78 is 12.7. The molecule has 10 heteroatoms. The van der Waals surface area contributed by atoms with Gasteiger partial charge in [-0.25, -0.2) is 10.1 Å². The fourth-order valence-corrected chi connectivity index (χ4v) is 3.36. The second-order valence-electron chi connectivity index (χ2n) is 6.91. The lowest BCUT2D eigenvalue weighted by molar-refractivity contribution is -0.132. The third-order valence-corrected chi connectivity index (χ3v) is 5.02. The first-order valence-corrected chi connectivity index (χ1v) is 10.2. The predicted octanol–water partition coefficient (Wildman–Crippen LogP) is 2.24. The molecule has 9 nitrogen and oxygen atoms in total. The molecule has 32 heavy (non-hydrogen) atoms. The number of para-hydroxylation sites is 3. The molecule has 0 unspecified atom stereocenters. The van der Waals surface area contributed by atoms with E-state index >= 15 is 0 Å². The molecule has 2 amide bonds. The zero-order valence-corrected chi connectivity index (χ0v) is 17.9. The van der Waals surface area contributed by atoms with Crippen LogP contribution in [0.25, 0.3) is 5.69 Å². The molecule has 164 valence electrons. The molecular weight excluding hydrogens is 434 g/mol. The van der Waals surface area contributed by atoms with E-state index in [9.17, 15) is 9.59 Å². The van der Waals surface area contributed by atoms with Crippen LogP contribution in [-0.4, -0.2) is 47.1 Å². The van der Waals surface area contributed by atoms with E-state index in [1.165, 1.54) is 6.21 Å². The molecule has 0 aliphatic carbocycles. The maximum atomic E-state index is 12.3. The Balaban J connectivity index is 1.29. The number of ether oxygens (including phenoxy) is 2. The summed E-state index contributed by atoms with van der Waals surface area (Å²) in [6, 6.07) is 16.5. The number of fused-ring (bicyclic) bond motifs is 1. The number of hydrogen-bond donors (Lipinski definition) is 2. The van der Waals surface area contributed by atoms with Crippen molar-refractivity contribution < 1.29 is 19.1 Å². The van der Waals surface area contributed by atoms with Crippen molar-refractivity contribution in [3.05, 3.63) is 71.0 Å². The van der Waals surface area contributed by atoms with Crippen LogP contribution in [0.4, 0.5) is 0 Å². The first-order valence-electron chi connectivity index (χ1n) is 9.81. The van der Waals surface area contributed by atoms with Crippen LogP contribution < -0.4 is 20.2 Å². The van der Waals surface area contributed by atoms with E-state index in [0.717, 1.165) is 5.69 Å². The zero-order chi connectivity index (χ0) is 22.5. The maximum absolute atomic E-state index is 12.3. The number of halogens is 1. The van der Waals surface area contributed by atoms with Crippen LogP contribution in [0.15, 0.2) is 59.7 Å². The highest BCUT2D eigenvalue weighted by atomic mass is 35.5. The van der Waals surface area contributed by atoms with Gasteiger partial charge in [0.1, 0.15) is 11.8 Å². The van der Waals surface area contributed by atoms with Gasteiger partial charge in [-0.1, -0.05) is 41.9 Å². The number of hydrazone groups is 1. The molecule has 0 spiro atoms. The molecule has 1 aliphatic rings. The summed E-state index contributed by atoms with van der Waals surface area (Å²) in [5.41, 5.74) is 4.39. The van der Waals surface area contributed by atoms with Gasteiger partial charge in [0.25, 0.3) is 11.8 Å². The Labute approximate surface area is 189 Å². The van der Waals surface area contributed by atoms with Gasteiger partial charge in [0.2, 0.25) is 6.10 Å². The fourth-order valence-electron chi connectivity index (χ4n) is 3.04. The van der Waals surface area contributed by atoms with Gasteiger partial charge in [0.15, 0.2) is 11.5 Å². The minimum Gasteiger partial charge on any atom is -0.485 e. The molecule has 2 N–H and O–H groups in total. The molecule has 0 radical (unpaired) electrons. The summed E-state index contributed by atoms with van der Waals surface area (Å²) in [6.07, 6.45) is 0.574. The summed E-state index contributed by atoms with van der Waals surface area (Å²) in [4.78, 5) is 24.3. The second-order valence-corrected chi connectivity index (χ2v) is 7.27. The minimum atomic E-state index is -0.841. The van der Waals surface area contributed by atoms with E-state index in [2.05, 4.69) is 20.9 Å². The maximum Gasteiger partial charge on any atom is 0.265 e. The second kappa shape index (κ2) is 9.52. The number of aromatic nitrogens is 2. The average molecular weight is 454 g/mol. The molecule has 4 rings (SSSR count). The van der Waals surface area contributed by atoms with Gasteiger partial charge < -0.3 is 14.8 Å². The largest absolute Gasteiger partial charge is 0.485 e. The van der Waals surface area contributed by atoms with Crippen molar-refractivity contribution in [3.8, 4) is 17.2 Å². The highest BCUT2D eigenvalue weighted by Gasteiger charge is 2.27. The smallest absolute Gasteiger partial charge is 0.265 e. The van der Waals surface area contributed by atoms with Crippen molar-refractivity contribution in [2.45, 2.75) is 13.0 Å². The standard InChI is InChI=1S/C22H20ClN5O4/c1-14-16(21(23)28(27-14)15-7-3-2-4-8-15)11-25-26-20(29)12-24-22(30)19-13-31-17-9-5-6-10-18(17)32-19/h2-11,19H,12-13H2,1H3,(H,24,30)(H,26,29)/b25-11-/t19-/m1/s1. The van der Waals surface area contributed by atoms with Crippen LogP contribution in [0.2, 0.25) is 5.15 Å². The van der Waals surface area contributed by atoms with Crippen LogP contribution in [0.3, 0.4) is 0 Å². The van der Waals surface area contributed by atoms with Crippen molar-refractivity contribution in [1.82, 2.24) is 20.5 Å². The normalized spacial score (nSPS) is 14.9. The third-order valence-electron chi connectivity index (χ3n) is 4.66. The van der Waals surface area contributed by atoms with Crippen molar-refractivity contribution in [3.63, 3.8) is 0 Å². The number of carbonyl (C=O) groups is 2. The van der Waals surface area contributed by atoms with E-state index in [1.54, 1.807) is 29.8 Å². The summed E-state index contributed by atoms with van der Waals surface area (Å²) in [5.74, 6) is 0.0991. The highest BCUT2D eigenvalue weighted by molar-refractivity contribution is 6.32. The molecule has 1 atom stereocenters. The number of hydrogen-bond acceptors (Lipinski definition) is 6. The van der Waals surface area contributed by atoms with Crippen molar-refractivity contribution in [1.29, 1.82) is 0 Å². The Bertz CT molecular complexity index is 1160. The zero-order valence-electron chi connectivity index (χ0n) is 17.1. The first kappa shape index (κ1) is 21.4. The molecule has 2 aromatic carbocycles. The fraction of sp³-hybridized carbons (Fsp3) is 0.182. The number of carbonyl (C=O) groups excluding carboxylic acids is 2. The molecule has 0 saturated heterocycles. The number of rotatable bonds is 6. The molecule has 1 aromatic heterocycles. The predicted molar refractivity (Wildman–Crippen MR) is 118 cm³/mol. The Kier molecular flexibility index (Phi) is 6.37. The van der Waals surface area contributed by atoms with E-state index in [1.807, 2.05) is 36.4 Å². The van der Waals surface area contributed by atoms with Gasteiger partial charge in [-0.2, -0.15) is 10.2 Å². The van der Waals surface area contributed by atoms with E-state index in [0.29, 0.717) is 27.9 Å². The van der Waals surface area contributed by atoms with Crippen LogP contribution in [0, 0.1) is 6.92 Å². The lowest BCUT2D eigenvalue weighted by Gasteiger charge is -2.25. The lowest BCUT2D eigenvalue weighted by Crippen LogP contribution is -2.46. The molecule has 0 saturated carbocycles. The Morgan fingerprint density at radius 1 is 1.19 bits per heavy atom. The molecule has 2 heterocycles. The third kappa shape index (κ3) is 4.73. The number of aryl methyl sites for hydroxylation is 1. The summed E-state index contributed by atoms with van der Waals surface area (Å²) in [5, 5.41) is 11.2. The summed E-state index contributed by atoms with van der Waals surface area (Å²) in [6.45, 7) is 1.58. The number of amides is 2. The molecule has 1 aliphatic heterocycles. The van der Waals surface area contributed by atoms with E-state index < -0.39 is 17.9 Å². The van der Waals surface area contributed by atoms with E-state index in [4.69, 9.17) is 21.1 Å². The van der Waals surface area contributed by atoms with Gasteiger partial charge in [0, 0.05) is 0 Å². The van der Waals surface area contributed by atoms with Gasteiger partial charge in [-0.15, -0.1) is 0 Å². The highest BCUT2D eigenvalue weighted by Crippen LogP contribution is 2.30. The van der Waals surface area contributed by atoms with Crippen molar-refractivity contribution in [2.75, 3.05) is 13.2 Å². The minimum absolute atomic E-state index is 0.0613. The van der Waals surface area contributed by atoms with Crippen LogP contribution in [0.1, 0.15) is 11.3 Å². The van der Waals surface area contributed by atoms with Gasteiger partial charge in [-0.05, 0) is 31.2 Å². The van der Waals surface area contributed by atoms with Crippen molar-refractivity contribution in [2.24, 2.45) is 5.10 Å². The van der Waals surface area contributed by atoms with Crippen molar-refractivity contribution >= 4 is 29.6 Å². The van der Waals surface area contributed by atoms with Gasteiger partial charge in [0.05, 0.1) is 29.7 Å². The van der Waals surface area contributed by atoms with E-state index in [-0.39, 0.29) is 13.2 Å². The Hall–Kier alpha value is -3.85. The van der Waals surface area contributed by atoms with Crippen LogP contribution in [0.5, 0.6) is 11.5 Å². The molecule has 0 bridgehead atoms. The summed E-state index contributed by atoms with van der Waals surface area (Å²) >= 11 is 6.42. The SMILES string of the molecule is Cc1nn(-c2ccccc2)c(Cl)c1/C=N\NC(=O)CNC(=O)[C@H]1COc2ccccc2O1. The summed E-state index contributed by atoms with van der Waals surface area (Å²) in [7, 11) is 0. The van der Waals surface area contributed by atoms with Crippen LogP contribution in [-0.2, 0) is 9.59 Å². The van der Waals surface area contributed by atoms with Crippen LogP contribution >= 0.6 is 11.6 Å². The molecule has 0 fully saturated rings.